The van der Waals surface area contributed by atoms with E-state index in [2.05, 4.69) is 16.8 Å². The van der Waals surface area contributed by atoms with Crippen LogP contribution in [-0.4, -0.2) is 0 Å². The summed E-state index contributed by atoms with van der Waals surface area (Å²) >= 11 is 4.54. The van der Waals surface area contributed by atoms with Crippen LogP contribution in [0.2, 0.25) is 0 Å². The standard InChI is InChI=1S/C14H13FN2S/c1-8-3-4-10(5-9(8)2)11-6-13(16)14(17-18)7-12(11)15/h3-7H,16H2,1-2H3. The molecule has 0 heterocycles. The highest BCUT2D eigenvalue weighted by Crippen LogP contribution is 2.32. The molecule has 2 nitrogen and oxygen atoms in total. The fourth-order valence-electron chi connectivity index (χ4n) is 1.79. The average molecular weight is 260 g/mol. The number of nitrogen functional groups attached to an aromatic ring is 1. The molecule has 2 aromatic carbocycles. The zero-order chi connectivity index (χ0) is 13.3. The largest absolute Gasteiger partial charge is 0.397 e. The molecule has 92 valence electrons. The lowest BCUT2D eigenvalue weighted by Gasteiger charge is -2.09. The van der Waals surface area contributed by atoms with E-state index in [0.717, 1.165) is 11.1 Å². The van der Waals surface area contributed by atoms with Gasteiger partial charge in [-0.15, -0.1) is 0 Å². The molecule has 4 heteroatoms. The number of nitrogens with zero attached hydrogens (tertiary/aromatic N) is 1. The van der Waals surface area contributed by atoms with Crippen molar-refractivity contribution in [2.24, 2.45) is 4.36 Å². The van der Waals surface area contributed by atoms with Crippen molar-refractivity contribution in [2.75, 3.05) is 5.73 Å². The first-order valence-corrected chi connectivity index (χ1v) is 5.89. The van der Waals surface area contributed by atoms with Crippen LogP contribution in [0.3, 0.4) is 0 Å². The molecule has 2 aromatic rings. The Balaban J connectivity index is 2.60. The van der Waals surface area contributed by atoms with Crippen LogP contribution >= 0.6 is 0 Å². The van der Waals surface area contributed by atoms with E-state index >= 15 is 0 Å². The minimum absolute atomic E-state index is 0.301. The van der Waals surface area contributed by atoms with Gasteiger partial charge in [0.15, 0.2) is 0 Å². The van der Waals surface area contributed by atoms with Crippen molar-refractivity contribution in [1.82, 2.24) is 0 Å². The molecule has 0 fully saturated rings. The third kappa shape index (κ3) is 2.24. The summed E-state index contributed by atoms with van der Waals surface area (Å²) in [7, 11) is 0. The van der Waals surface area contributed by atoms with Gasteiger partial charge < -0.3 is 5.73 Å². The number of hydrogen-bond donors (Lipinski definition) is 1. The smallest absolute Gasteiger partial charge is 0.133 e. The maximum atomic E-state index is 14.0. The zero-order valence-corrected chi connectivity index (χ0v) is 11.0. The number of hydrogen-bond acceptors (Lipinski definition) is 3. The van der Waals surface area contributed by atoms with E-state index in [4.69, 9.17) is 5.73 Å². The summed E-state index contributed by atoms with van der Waals surface area (Å²) in [6.45, 7) is 4.01. The second kappa shape index (κ2) is 4.82. The summed E-state index contributed by atoms with van der Waals surface area (Å²) in [5, 5.41) is 0. The van der Waals surface area contributed by atoms with E-state index in [1.54, 1.807) is 6.07 Å². The fourth-order valence-corrected chi connectivity index (χ4v) is 1.95. The Bertz CT molecular complexity index is 623. The molecule has 0 aliphatic carbocycles. The summed E-state index contributed by atoms with van der Waals surface area (Å²) < 4.78 is 17.5. The number of nitrogens with two attached hydrogens (primary N) is 1. The third-order valence-corrected chi connectivity index (χ3v) is 3.23. The Labute approximate surface area is 111 Å². The van der Waals surface area contributed by atoms with E-state index < -0.39 is 0 Å². The van der Waals surface area contributed by atoms with Crippen molar-refractivity contribution in [2.45, 2.75) is 13.8 Å². The summed E-state index contributed by atoms with van der Waals surface area (Å²) in [4.78, 5) is 0. The highest BCUT2D eigenvalue weighted by Gasteiger charge is 2.10. The number of anilines is 1. The molecule has 2 N–H and O–H groups in total. The SMILES string of the molecule is Cc1ccc(-c2cc(N)c(N=S)cc2F)cc1C. The maximum Gasteiger partial charge on any atom is 0.133 e. The predicted molar refractivity (Wildman–Crippen MR) is 75.2 cm³/mol. The molecule has 0 aliphatic rings. The molecule has 0 saturated carbocycles. The van der Waals surface area contributed by atoms with Crippen molar-refractivity contribution in [3.05, 3.63) is 47.3 Å². The predicted octanol–water partition coefficient (Wildman–Crippen LogP) is 4.05. The minimum atomic E-state index is -0.365. The lowest BCUT2D eigenvalue weighted by Crippen LogP contribution is -1.92. The van der Waals surface area contributed by atoms with Gasteiger partial charge in [-0.05, 0) is 36.6 Å². The summed E-state index contributed by atoms with van der Waals surface area (Å²) in [5.41, 5.74) is 10.0. The minimum Gasteiger partial charge on any atom is -0.397 e. The third-order valence-electron chi connectivity index (χ3n) is 3.03. The van der Waals surface area contributed by atoms with Crippen LogP contribution < -0.4 is 5.73 Å². The van der Waals surface area contributed by atoms with Crippen molar-refractivity contribution >= 4 is 23.8 Å². The molecule has 0 radical (unpaired) electrons. The van der Waals surface area contributed by atoms with Gasteiger partial charge in [0.1, 0.15) is 11.5 Å². The number of aryl methyl sites for hydroxylation is 2. The molecular formula is C14H13FN2S. The van der Waals surface area contributed by atoms with Gasteiger partial charge in [-0.3, -0.25) is 0 Å². The second-order valence-electron chi connectivity index (χ2n) is 4.28. The van der Waals surface area contributed by atoms with Crippen molar-refractivity contribution in [3.8, 4) is 11.1 Å². The van der Waals surface area contributed by atoms with Crippen LogP contribution in [0.15, 0.2) is 34.7 Å². The van der Waals surface area contributed by atoms with E-state index in [1.165, 1.54) is 11.6 Å². The van der Waals surface area contributed by atoms with Gasteiger partial charge in [0, 0.05) is 24.1 Å². The van der Waals surface area contributed by atoms with E-state index in [9.17, 15) is 4.39 Å². The van der Waals surface area contributed by atoms with E-state index in [1.807, 2.05) is 32.0 Å². The molecule has 0 saturated heterocycles. The maximum absolute atomic E-state index is 14.0. The number of rotatable bonds is 2. The van der Waals surface area contributed by atoms with Crippen LogP contribution in [0.5, 0.6) is 0 Å². The van der Waals surface area contributed by atoms with Gasteiger partial charge in [0.2, 0.25) is 0 Å². The van der Waals surface area contributed by atoms with Gasteiger partial charge in [-0.2, -0.15) is 4.36 Å². The van der Waals surface area contributed by atoms with Crippen molar-refractivity contribution < 1.29 is 4.39 Å². The van der Waals surface area contributed by atoms with E-state index in [0.29, 0.717) is 16.9 Å². The molecule has 18 heavy (non-hydrogen) atoms. The monoisotopic (exact) mass is 260 g/mol. The average Bonchev–Trinajstić information content (AvgIpc) is 2.35. The Morgan fingerprint density at radius 2 is 1.83 bits per heavy atom. The summed E-state index contributed by atoms with van der Waals surface area (Å²) in [5.74, 6) is -0.365. The topological polar surface area (TPSA) is 38.4 Å². The summed E-state index contributed by atoms with van der Waals surface area (Å²) in [6, 6.07) is 8.63. The number of halogens is 1. The molecule has 0 atom stereocenters. The molecule has 0 spiro atoms. The van der Waals surface area contributed by atoms with E-state index in [-0.39, 0.29) is 5.82 Å². The number of benzene rings is 2. The Hall–Kier alpha value is -1.81. The lowest BCUT2D eigenvalue weighted by atomic mass is 9.99. The highest BCUT2D eigenvalue weighted by atomic mass is 32.1. The van der Waals surface area contributed by atoms with Crippen LogP contribution in [0.25, 0.3) is 11.1 Å². The van der Waals surface area contributed by atoms with Gasteiger partial charge >= 0.3 is 0 Å². The Kier molecular flexibility index (Phi) is 3.39. The van der Waals surface area contributed by atoms with Crippen LogP contribution in [0.4, 0.5) is 15.8 Å². The fraction of sp³-hybridized carbons (Fsp3) is 0.143. The quantitative estimate of drug-likeness (QED) is 0.827. The van der Waals surface area contributed by atoms with Crippen molar-refractivity contribution in [1.29, 1.82) is 0 Å². The first-order chi connectivity index (χ1) is 8.52. The van der Waals surface area contributed by atoms with Crippen LogP contribution in [0, 0.1) is 19.7 Å². The molecule has 0 bridgehead atoms. The highest BCUT2D eigenvalue weighted by molar-refractivity contribution is 7.47. The van der Waals surface area contributed by atoms with Gasteiger partial charge in [-0.25, -0.2) is 4.39 Å². The molecule has 0 unspecified atom stereocenters. The molecule has 0 aromatic heterocycles. The molecule has 2 rings (SSSR count). The van der Waals surface area contributed by atoms with Crippen LogP contribution in [-0.2, 0) is 12.4 Å². The lowest BCUT2D eigenvalue weighted by molar-refractivity contribution is 0.632. The first-order valence-electron chi connectivity index (χ1n) is 5.53. The Morgan fingerprint density at radius 1 is 1.11 bits per heavy atom. The zero-order valence-electron chi connectivity index (χ0n) is 10.2. The molecular weight excluding hydrogens is 247 g/mol. The van der Waals surface area contributed by atoms with Gasteiger partial charge in [-0.1, -0.05) is 18.2 Å². The Morgan fingerprint density at radius 3 is 2.44 bits per heavy atom. The van der Waals surface area contributed by atoms with Gasteiger partial charge in [0.25, 0.3) is 0 Å². The normalized spacial score (nSPS) is 10.4. The van der Waals surface area contributed by atoms with Crippen molar-refractivity contribution in [3.63, 3.8) is 0 Å². The van der Waals surface area contributed by atoms with Crippen LogP contribution in [0.1, 0.15) is 11.1 Å². The first kappa shape index (κ1) is 12.6. The molecule has 0 aliphatic heterocycles. The van der Waals surface area contributed by atoms with Gasteiger partial charge in [0.05, 0.1) is 5.69 Å². The summed E-state index contributed by atoms with van der Waals surface area (Å²) in [6.07, 6.45) is 0. The molecule has 0 amide bonds. The second-order valence-corrected chi connectivity index (χ2v) is 4.46.